The van der Waals surface area contributed by atoms with E-state index in [4.69, 9.17) is 22.1 Å². The van der Waals surface area contributed by atoms with Crippen LogP contribution in [-0.2, 0) is 0 Å². The average Bonchev–Trinajstić information content (AvgIpc) is 2.33. The van der Waals surface area contributed by atoms with Crippen LogP contribution in [0.4, 0.5) is 5.69 Å². The second-order valence-electron chi connectivity index (χ2n) is 3.69. The Balaban J connectivity index is 2.45. The quantitative estimate of drug-likeness (QED) is 0.833. The van der Waals surface area contributed by atoms with Gasteiger partial charge in [-0.05, 0) is 42.8 Å². The summed E-state index contributed by atoms with van der Waals surface area (Å²) in [4.78, 5) is 0. The van der Waals surface area contributed by atoms with Crippen LogP contribution in [0.5, 0.6) is 5.75 Å². The van der Waals surface area contributed by atoms with Crippen LogP contribution in [0.2, 0.25) is 5.02 Å². The number of hydrogen-bond acceptors (Lipinski definition) is 2. The first-order valence-electron chi connectivity index (χ1n) is 5.49. The van der Waals surface area contributed by atoms with E-state index in [1.54, 1.807) is 6.07 Å². The summed E-state index contributed by atoms with van der Waals surface area (Å²) < 4.78 is 5.46. The van der Waals surface area contributed by atoms with Gasteiger partial charge in [0.25, 0.3) is 0 Å². The van der Waals surface area contributed by atoms with Crippen LogP contribution in [0.15, 0.2) is 42.5 Å². The summed E-state index contributed by atoms with van der Waals surface area (Å²) in [5.41, 5.74) is 8.60. The average molecular weight is 248 g/mol. The molecule has 2 N–H and O–H groups in total. The minimum absolute atomic E-state index is 0.647. The second kappa shape index (κ2) is 5.11. The van der Waals surface area contributed by atoms with Gasteiger partial charge in [0.1, 0.15) is 5.75 Å². The Bertz CT molecular complexity index is 525. The maximum absolute atomic E-state index is 5.98. The number of nitrogens with two attached hydrogens (primary N) is 1. The van der Waals surface area contributed by atoms with Gasteiger partial charge in [-0.3, -0.25) is 0 Å². The molecular formula is C14H14ClNO. The second-order valence-corrected chi connectivity index (χ2v) is 4.13. The van der Waals surface area contributed by atoms with E-state index in [1.165, 1.54) is 0 Å². The Labute approximate surface area is 106 Å². The van der Waals surface area contributed by atoms with Crippen molar-refractivity contribution in [2.75, 3.05) is 12.3 Å². The molecule has 2 aromatic rings. The van der Waals surface area contributed by atoms with Gasteiger partial charge < -0.3 is 10.5 Å². The van der Waals surface area contributed by atoms with Gasteiger partial charge in [-0.15, -0.1) is 0 Å². The van der Waals surface area contributed by atoms with Gasteiger partial charge in [-0.25, -0.2) is 0 Å². The third-order valence-corrected chi connectivity index (χ3v) is 2.71. The van der Waals surface area contributed by atoms with Crippen molar-refractivity contribution in [2.45, 2.75) is 6.92 Å². The van der Waals surface area contributed by atoms with Crippen molar-refractivity contribution >= 4 is 17.3 Å². The predicted octanol–water partition coefficient (Wildman–Crippen LogP) is 3.99. The molecule has 0 aliphatic rings. The molecule has 0 radical (unpaired) electrons. The third-order valence-electron chi connectivity index (χ3n) is 2.47. The molecule has 3 heteroatoms. The summed E-state index contributed by atoms with van der Waals surface area (Å²) >= 11 is 5.98. The largest absolute Gasteiger partial charge is 0.494 e. The highest BCUT2D eigenvalue weighted by atomic mass is 35.5. The SMILES string of the molecule is CCOc1cccc(-c2cc(Cl)ccc2N)c1. The van der Waals surface area contributed by atoms with Crippen LogP contribution < -0.4 is 10.5 Å². The molecule has 2 rings (SSSR count). The Hall–Kier alpha value is -1.67. The molecule has 0 fully saturated rings. The smallest absolute Gasteiger partial charge is 0.119 e. The molecule has 88 valence electrons. The number of rotatable bonds is 3. The van der Waals surface area contributed by atoms with Crippen LogP contribution in [0.25, 0.3) is 11.1 Å². The topological polar surface area (TPSA) is 35.2 Å². The molecule has 0 unspecified atom stereocenters. The number of benzene rings is 2. The monoisotopic (exact) mass is 247 g/mol. The summed E-state index contributed by atoms with van der Waals surface area (Å²) in [6, 6.07) is 13.3. The van der Waals surface area contributed by atoms with E-state index in [-0.39, 0.29) is 0 Å². The van der Waals surface area contributed by atoms with E-state index >= 15 is 0 Å². The molecule has 0 saturated carbocycles. The highest BCUT2D eigenvalue weighted by Crippen LogP contribution is 2.30. The fourth-order valence-corrected chi connectivity index (χ4v) is 1.87. The number of nitrogen functional groups attached to an aromatic ring is 1. The van der Waals surface area contributed by atoms with Gasteiger partial charge in [0.05, 0.1) is 6.61 Å². The third kappa shape index (κ3) is 2.71. The van der Waals surface area contributed by atoms with Crippen LogP contribution in [0.1, 0.15) is 6.92 Å². The number of halogens is 1. The van der Waals surface area contributed by atoms with Crippen molar-refractivity contribution in [3.63, 3.8) is 0 Å². The standard InChI is InChI=1S/C14H14ClNO/c1-2-17-12-5-3-4-10(8-12)13-9-11(15)6-7-14(13)16/h3-9H,2,16H2,1H3. The lowest BCUT2D eigenvalue weighted by molar-refractivity contribution is 0.340. The van der Waals surface area contributed by atoms with Crippen LogP contribution in [0.3, 0.4) is 0 Å². The minimum atomic E-state index is 0.647. The molecule has 17 heavy (non-hydrogen) atoms. The van der Waals surface area contributed by atoms with Gasteiger partial charge in [0, 0.05) is 16.3 Å². The molecule has 0 aliphatic heterocycles. The number of hydrogen-bond donors (Lipinski definition) is 1. The zero-order valence-corrected chi connectivity index (χ0v) is 10.4. The van der Waals surface area contributed by atoms with Crippen LogP contribution >= 0.6 is 11.6 Å². The van der Waals surface area contributed by atoms with E-state index in [2.05, 4.69) is 0 Å². The van der Waals surface area contributed by atoms with Crippen LogP contribution in [-0.4, -0.2) is 6.61 Å². The molecule has 0 atom stereocenters. The first kappa shape index (κ1) is 11.8. The summed E-state index contributed by atoms with van der Waals surface area (Å²) in [5, 5.41) is 0.677. The van der Waals surface area contributed by atoms with Crippen molar-refractivity contribution in [2.24, 2.45) is 0 Å². The van der Waals surface area contributed by atoms with Gasteiger partial charge in [0.2, 0.25) is 0 Å². The molecular weight excluding hydrogens is 234 g/mol. The van der Waals surface area contributed by atoms with Gasteiger partial charge in [0.15, 0.2) is 0 Å². The maximum Gasteiger partial charge on any atom is 0.119 e. The summed E-state index contributed by atoms with van der Waals surface area (Å²) in [5.74, 6) is 0.837. The highest BCUT2D eigenvalue weighted by molar-refractivity contribution is 6.31. The maximum atomic E-state index is 5.98. The van der Waals surface area contributed by atoms with E-state index in [0.717, 1.165) is 16.9 Å². The molecule has 0 aliphatic carbocycles. The lowest BCUT2D eigenvalue weighted by atomic mass is 10.0. The molecule has 2 aromatic carbocycles. The van der Waals surface area contributed by atoms with Crippen molar-refractivity contribution < 1.29 is 4.74 Å². The zero-order valence-electron chi connectivity index (χ0n) is 9.61. The molecule has 0 aromatic heterocycles. The molecule has 0 bridgehead atoms. The van der Waals surface area contributed by atoms with E-state index < -0.39 is 0 Å². The van der Waals surface area contributed by atoms with Crippen molar-refractivity contribution in [1.82, 2.24) is 0 Å². The highest BCUT2D eigenvalue weighted by Gasteiger charge is 2.04. The predicted molar refractivity (Wildman–Crippen MR) is 72.5 cm³/mol. The Morgan fingerprint density at radius 2 is 2.00 bits per heavy atom. The molecule has 2 nitrogen and oxygen atoms in total. The minimum Gasteiger partial charge on any atom is -0.494 e. The fourth-order valence-electron chi connectivity index (χ4n) is 1.70. The van der Waals surface area contributed by atoms with Crippen molar-refractivity contribution in [3.05, 3.63) is 47.5 Å². The number of anilines is 1. The van der Waals surface area contributed by atoms with Crippen molar-refractivity contribution in [3.8, 4) is 16.9 Å². The summed E-state index contributed by atoms with van der Waals surface area (Å²) in [6.07, 6.45) is 0. The van der Waals surface area contributed by atoms with Gasteiger partial charge in [-0.1, -0.05) is 23.7 Å². The van der Waals surface area contributed by atoms with E-state index in [0.29, 0.717) is 17.3 Å². The zero-order chi connectivity index (χ0) is 12.3. The fraction of sp³-hybridized carbons (Fsp3) is 0.143. The van der Waals surface area contributed by atoms with Crippen LogP contribution in [0, 0.1) is 0 Å². The number of ether oxygens (including phenoxy) is 1. The van der Waals surface area contributed by atoms with Gasteiger partial charge in [-0.2, -0.15) is 0 Å². The Morgan fingerprint density at radius 1 is 1.18 bits per heavy atom. The Morgan fingerprint density at radius 3 is 2.76 bits per heavy atom. The molecule has 0 saturated heterocycles. The molecule has 0 spiro atoms. The van der Waals surface area contributed by atoms with E-state index in [1.807, 2.05) is 43.3 Å². The van der Waals surface area contributed by atoms with Crippen molar-refractivity contribution in [1.29, 1.82) is 0 Å². The van der Waals surface area contributed by atoms with E-state index in [9.17, 15) is 0 Å². The molecule has 0 heterocycles. The van der Waals surface area contributed by atoms with Gasteiger partial charge >= 0.3 is 0 Å². The first-order chi connectivity index (χ1) is 8.20. The lowest BCUT2D eigenvalue weighted by Gasteiger charge is -2.09. The summed E-state index contributed by atoms with van der Waals surface area (Å²) in [6.45, 7) is 2.61. The Kier molecular flexibility index (Phi) is 3.55. The molecule has 0 amide bonds. The first-order valence-corrected chi connectivity index (χ1v) is 5.86. The lowest BCUT2D eigenvalue weighted by Crippen LogP contribution is -1.93. The summed E-state index contributed by atoms with van der Waals surface area (Å²) in [7, 11) is 0. The normalized spacial score (nSPS) is 10.2.